The number of aromatic nitrogens is 2. The zero-order valence-electron chi connectivity index (χ0n) is 14.5. The third-order valence-electron chi connectivity index (χ3n) is 3.57. The summed E-state index contributed by atoms with van der Waals surface area (Å²) in [6, 6.07) is 3.29. The molecule has 0 spiro atoms. The lowest BCUT2D eigenvalue weighted by Gasteiger charge is -2.15. The van der Waals surface area contributed by atoms with Gasteiger partial charge in [-0.3, -0.25) is 14.8 Å². The molecule has 8 heteroatoms. The van der Waals surface area contributed by atoms with E-state index in [-0.39, 0.29) is 11.7 Å². The van der Waals surface area contributed by atoms with E-state index in [0.717, 1.165) is 0 Å². The van der Waals surface area contributed by atoms with E-state index < -0.39 is 0 Å². The highest BCUT2D eigenvalue weighted by Gasteiger charge is 2.14. The molecule has 0 atom stereocenters. The lowest BCUT2D eigenvalue weighted by atomic mass is 10.2. The summed E-state index contributed by atoms with van der Waals surface area (Å²) in [6.45, 7) is 4.94. The van der Waals surface area contributed by atoms with Crippen LogP contribution in [0.25, 0.3) is 10.9 Å². The molecule has 3 N–H and O–H groups in total. The summed E-state index contributed by atoms with van der Waals surface area (Å²) in [5.74, 6) is 6.81. The van der Waals surface area contributed by atoms with Crippen molar-refractivity contribution < 1.29 is 14.2 Å². The van der Waals surface area contributed by atoms with E-state index >= 15 is 0 Å². The quantitative estimate of drug-likeness (QED) is 0.428. The molecule has 0 aliphatic rings. The van der Waals surface area contributed by atoms with Crippen LogP contribution in [0.15, 0.2) is 16.9 Å². The van der Waals surface area contributed by atoms with Gasteiger partial charge in [0.1, 0.15) is 0 Å². The highest BCUT2D eigenvalue weighted by Crippen LogP contribution is 2.30. The maximum atomic E-state index is 12.8. The maximum absolute atomic E-state index is 12.8. The molecule has 2 aromatic rings. The Labute approximate surface area is 140 Å². The Hall–Kier alpha value is -2.32. The molecule has 1 heterocycles. The number of methoxy groups -OCH3 is 2. The van der Waals surface area contributed by atoms with E-state index in [1.807, 2.05) is 13.8 Å². The van der Waals surface area contributed by atoms with Crippen molar-refractivity contribution in [2.75, 3.05) is 26.3 Å². The second-order valence-corrected chi connectivity index (χ2v) is 5.53. The molecule has 0 amide bonds. The van der Waals surface area contributed by atoms with Crippen LogP contribution in [0.4, 0.5) is 5.95 Å². The molecule has 8 nitrogen and oxygen atoms in total. The minimum atomic E-state index is -0.196. The smallest absolute Gasteiger partial charge is 0.262 e. The van der Waals surface area contributed by atoms with Crippen LogP contribution in [-0.2, 0) is 11.3 Å². The molecule has 0 bridgehead atoms. The molecule has 0 unspecified atom stereocenters. The number of hydrogen-bond donors (Lipinski definition) is 2. The van der Waals surface area contributed by atoms with Crippen molar-refractivity contribution >= 4 is 16.9 Å². The van der Waals surface area contributed by atoms with Gasteiger partial charge in [-0.1, -0.05) is 0 Å². The van der Waals surface area contributed by atoms with Gasteiger partial charge in [-0.2, -0.15) is 0 Å². The average Bonchev–Trinajstić information content (AvgIpc) is 2.58. The predicted octanol–water partition coefficient (Wildman–Crippen LogP) is 1.51. The van der Waals surface area contributed by atoms with Gasteiger partial charge < -0.3 is 14.2 Å². The van der Waals surface area contributed by atoms with Crippen LogP contribution in [0.1, 0.15) is 20.3 Å². The predicted molar refractivity (Wildman–Crippen MR) is 92.6 cm³/mol. The molecule has 24 heavy (non-hydrogen) atoms. The molecule has 0 saturated heterocycles. The molecule has 0 radical (unpaired) electrons. The summed E-state index contributed by atoms with van der Waals surface area (Å²) >= 11 is 0. The lowest BCUT2D eigenvalue weighted by Crippen LogP contribution is -2.28. The van der Waals surface area contributed by atoms with E-state index in [1.165, 1.54) is 18.8 Å². The van der Waals surface area contributed by atoms with Crippen LogP contribution >= 0.6 is 0 Å². The van der Waals surface area contributed by atoms with Crippen molar-refractivity contribution in [3.63, 3.8) is 0 Å². The molecular weight excluding hydrogens is 312 g/mol. The first kappa shape index (κ1) is 18.0. The van der Waals surface area contributed by atoms with Gasteiger partial charge in [0.15, 0.2) is 11.5 Å². The van der Waals surface area contributed by atoms with Crippen molar-refractivity contribution in [3.8, 4) is 11.5 Å². The Morgan fingerprint density at radius 1 is 1.25 bits per heavy atom. The summed E-state index contributed by atoms with van der Waals surface area (Å²) in [5, 5.41) is 0.441. The Bertz CT molecular complexity index is 758. The first-order chi connectivity index (χ1) is 11.5. The van der Waals surface area contributed by atoms with Crippen molar-refractivity contribution in [2.24, 2.45) is 5.84 Å². The number of nitrogens with one attached hydrogen (secondary N) is 1. The van der Waals surface area contributed by atoms with Crippen molar-refractivity contribution in [1.82, 2.24) is 9.55 Å². The number of ether oxygens (including phenoxy) is 3. The highest BCUT2D eigenvalue weighted by molar-refractivity contribution is 5.82. The van der Waals surface area contributed by atoms with E-state index in [2.05, 4.69) is 10.4 Å². The van der Waals surface area contributed by atoms with Crippen LogP contribution in [0.5, 0.6) is 11.5 Å². The molecule has 1 aromatic heterocycles. The van der Waals surface area contributed by atoms with Gasteiger partial charge in [0.2, 0.25) is 5.95 Å². The minimum absolute atomic E-state index is 0.153. The van der Waals surface area contributed by atoms with Crippen molar-refractivity contribution in [3.05, 3.63) is 22.5 Å². The number of fused-ring (bicyclic) bond motifs is 1. The summed E-state index contributed by atoms with van der Waals surface area (Å²) in [4.78, 5) is 17.2. The fourth-order valence-electron chi connectivity index (χ4n) is 2.41. The summed E-state index contributed by atoms with van der Waals surface area (Å²) in [6.07, 6.45) is 0.827. The molecule has 0 aliphatic heterocycles. The minimum Gasteiger partial charge on any atom is -0.493 e. The van der Waals surface area contributed by atoms with Gasteiger partial charge in [0.05, 0.1) is 31.2 Å². The summed E-state index contributed by atoms with van der Waals surface area (Å²) < 4.78 is 17.5. The molecule has 0 fully saturated rings. The first-order valence-corrected chi connectivity index (χ1v) is 7.76. The largest absolute Gasteiger partial charge is 0.493 e. The van der Waals surface area contributed by atoms with E-state index in [4.69, 9.17) is 20.1 Å². The van der Waals surface area contributed by atoms with Gasteiger partial charge in [-0.05, 0) is 26.3 Å². The number of nitrogens with two attached hydrogens (primary N) is 1. The first-order valence-electron chi connectivity index (χ1n) is 7.76. The number of nitrogens with zero attached hydrogens (tertiary/aromatic N) is 2. The fraction of sp³-hybridized carbons (Fsp3) is 0.500. The number of nitrogen functional groups attached to an aromatic ring is 1. The maximum Gasteiger partial charge on any atom is 0.262 e. The van der Waals surface area contributed by atoms with Gasteiger partial charge in [0, 0.05) is 19.2 Å². The zero-order valence-corrected chi connectivity index (χ0v) is 14.5. The third kappa shape index (κ3) is 3.77. The second-order valence-electron chi connectivity index (χ2n) is 5.53. The van der Waals surface area contributed by atoms with Crippen molar-refractivity contribution in [1.29, 1.82) is 0 Å². The van der Waals surface area contributed by atoms with Gasteiger partial charge in [0.25, 0.3) is 5.56 Å². The molecule has 0 aliphatic carbocycles. The molecule has 132 valence electrons. The Kier molecular flexibility index (Phi) is 5.99. The van der Waals surface area contributed by atoms with Crippen LogP contribution < -0.4 is 26.3 Å². The second kappa shape index (κ2) is 7.98. The fourth-order valence-corrected chi connectivity index (χ4v) is 2.41. The standard InChI is InChI=1S/C16H24N4O4/c1-10(2)24-7-5-6-20-15(21)11-8-13(22-3)14(23-4)9-12(11)18-16(20)19-17/h8-10H,5-7,17H2,1-4H3,(H,18,19). The number of anilines is 1. The van der Waals surface area contributed by atoms with E-state index in [9.17, 15) is 4.79 Å². The average molecular weight is 336 g/mol. The normalized spacial score (nSPS) is 11.1. The van der Waals surface area contributed by atoms with E-state index in [0.29, 0.717) is 47.9 Å². The number of hydrazine groups is 1. The summed E-state index contributed by atoms with van der Waals surface area (Å²) in [7, 11) is 3.05. The molecular formula is C16H24N4O4. The number of hydrogen-bond acceptors (Lipinski definition) is 7. The SMILES string of the molecule is COc1cc2nc(NN)n(CCCOC(C)C)c(=O)c2cc1OC. The monoisotopic (exact) mass is 336 g/mol. The van der Waals surface area contributed by atoms with Crippen LogP contribution in [0.3, 0.4) is 0 Å². The molecule has 2 rings (SSSR count). The summed E-state index contributed by atoms with van der Waals surface area (Å²) in [5.41, 5.74) is 2.77. The zero-order chi connectivity index (χ0) is 17.7. The molecule has 0 saturated carbocycles. The van der Waals surface area contributed by atoms with Crippen LogP contribution in [0, 0.1) is 0 Å². The van der Waals surface area contributed by atoms with Gasteiger partial charge in [-0.15, -0.1) is 0 Å². The topological polar surface area (TPSA) is 101 Å². The van der Waals surface area contributed by atoms with Crippen molar-refractivity contribution in [2.45, 2.75) is 32.9 Å². The Balaban J connectivity index is 2.43. The molecule has 1 aromatic carbocycles. The highest BCUT2D eigenvalue weighted by atomic mass is 16.5. The number of benzene rings is 1. The number of rotatable bonds is 8. The van der Waals surface area contributed by atoms with Crippen LogP contribution in [0.2, 0.25) is 0 Å². The Morgan fingerprint density at radius 2 is 1.92 bits per heavy atom. The Morgan fingerprint density at radius 3 is 2.50 bits per heavy atom. The van der Waals surface area contributed by atoms with Crippen LogP contribution in [-0.4, -0.2) is 36.5 Å². The van der Waals surface area contributed by atoms with Gasteiger partial charge in [-0.25, -0.2) is 10.8 Å². The van der Waals surface area contributed by atoms with E-state index in [1.54, 1.807) is 12.1 Å². The third-order valence-corrected chi connectivity index (χ3v) is 3.57. The van der Waals surface area contributed by atoms with Gasteiger partial charge >= 0.3 is 0 Å². The lowest BCUT2D eigenvalue weighted by molar-refractivity contribution is 0.0748.